The van der Waals surface area contributed by atoms with Crippen molar-refractivity contribution in [2.45, 2.75) is 19.4 Å². The van der Waals surface area contributed by atoms with Gasteiger partial charge in [-0.3, -0.25) is 9.59 Å². The number of ether oxygens (including phenoxy) is 1. The van der Waals surface area contributed by atoms with Crippen molar-refractivity contribution >= 4 is 16.9 Å². The van der Waals surface area contributed by atoms with Gasteiger partial charge in [-0.2, -0.15) is 0 Å². The monoisotopic (exact) mass is 260 g/mol. The number of nitrogens with two attached hydrogens (primary N) is 1. The van der Waals surface area contributed by atoms with Crippen LogP contribution in [0.2, 0.25) is 0 Å². The normalized spacial score (nSPS) is 12.3. The molecule has 3 N–H and O–H groups in total. The van der Waals surface area contributed by atoms with E-state index in [0.717, 1.165) is 16.5 Å². The first-order valence-corrected chi connectivity index (χ1v) is 6.15. The Labute approximate surface area is 110 Å². The van der Waals surface area contributed by atoms with Gasteiger partial charge in [-0.05, 0) is 25.0 Å². The SMILES string of the molecule is CCOC(=O)C(N)Cc1cc(=O)[nH]c2ccccc12. The molecule has 5 heteroatoms. The van der Waals surface area contributed by atoms with Crippen LogP contribution in [0.5, 0.6) is 0 Å². The molecule has 2 rings (SSSR count). The van der Waals surface area contributed by atoms with E-state index in [0.29, 0.717) is 6.61 Å². The van der Waals surface area contributed by atoms with Crippen LogP contribution in [0.15, 0.2) is 35.1 Å². The number of aromatic amines is 1. The van der Waals surface area contributed by atoms with E-state index in [2.05, 4.69) is 4.98 Å². The second-order valence-corrected chi connectivity index (χ2v) is 4.27. The zero-order valence-corrected chi connectivity index (χ0v) is 10.7. The van der Waals surface area contributed by atoms with E-state index in [1.807, 2.05) is 24.3 Å². The number of carbonyl (C=O) groups excluding carboxylic acids is 1. The number of esters is 1. The molecule has 2 aromatic rings. The fraction of sp³-hybridized carbons (Fsp3) is 0.286. The summed E-state index contributed by atoms with van der Waals surface area (Å²) < 4.78 is 4.87. The molecule has 0 amide bonds. The minimum Gasteiger partial charge on any atom is -0.465 e. The van der Waals surface area contributed by atoms with E-state index in [1.54, 1.807) is 6.92 Å². The van der Waals surface area contributed by atoms with Crippen LogP contribution in [0.1, 0.15) is 12.5 Å². The van der Waals surface area contributed by atoms with Crippen molar-refractivity contribution < 1.29 is 9.53 Å². The van der Waals surface area contributed by atoms with Gasteiger partial charge in [0.05, 0.1) is 6.61 Å². The Morgan fingerprint density at radius 2 is 2.16 bits per heavy atom. The van der Waals surface area contributed by atoms with Crippen molar-refractivity contribution in [3.63, 3.8) is 0 Å². The number of aromatic nitrogens is 1. The van der Waals surface area contributed by atoms with Gasteiger partial charge in [-0.1, -0.05) is 18.2 Å². The van der Waals surface area contributed by atoms with Gasteiger partial charge in [0.25, 0.3) is 0 Å². The number of H-pyrrole nitrogens is 1. The van der Waals surface area contributed by atoms with Gasteiger partial charge < -0.3 is 15.5 Å². The summed E-state index contributed by atoms with van der Waals surface area (Å²) in [5, 5.41) is 0.891. The van der Waals surface area contributed by atoms with Crippen LogP contribution in [0.4, 0.5) is 0 Å². The third-order valence-corrected chi connectivity index (χ3v) is 2.87. The van der Waals surface area contributed by atoms with Crippen molar-refractivity contribution in [1.82, 2.24) is 4.98 Å². The summed E-state index contributed by atoms with van der Waals surface area (Å²) in [5.41, 5.74) is 7.07. The van der Waals surface area contributed by atoms with Crippen LogP contribution in [0.3, 0.4) is 0 Å². The van der Waals surface area contributed by atoms with E-state index in [9.17, 15) is 9.59 Å². The average Bonchev–Trinajstić information content (AvgIpc) is 2.38. The van der Waals surface area contributed by atoms with E-state index in [4.69, 9.17) is 10.5 Å². The molecule has 0 aliphatic heterocycles. The van der Waals surface area contributed by atoms with Crippen LogP contribution in [-0.2, 0) is 16.0 Å². The Bertz CT molecular complexity index is 648. The second-order valence-electron chi connectivity index (χ2n) is 4.27. The summed E-state index contributed by atoms with van der Waals surface area (Å²) in [5.74, 6) is -0.452. The van der Waals surface area contributed by atoms with E-state index >= 15 is 0 Å². The van der Waals surface area contributed by atoms with Crippen LogP contribution in [-0.4, -0.2) is 23.6 Å². The summed E-state index contributed by atoms with van der Waals surface area (Å²) in [6.45, 7) is 2.02. The Morgan fingerprint density at radius 1 is 1.42 bits per heavy atom. The number of nitrogens with one attached hydrogen (secondary N) is 1. The third-order valence-electron chi connectivity index (χ3n) is 2.87. The van der Waals surface area contributed by atoms with Gasteiger partial charge in [0.15, 0.2) is 0 Å². The molecule has 100 valence electrons. The Kier molecular flexibility index (Phi) is 3.97. The molecule has 1 unspecified atom stereocenters. The first-order chi connectivity index (χ1) is 9.11. The molecular formula is C14H16N2O3. The highest BCUT2D eigenvalue weighted by Gasteiger charge is 2.16. The van der Waals surface area contributed by atoms with E-state index in [-0.39, 0.29) is 12.0 Å². The first-order valence-electron chi connectivity index (χ1n) is 6.15. The van der Waals surface area contributed by atoms with Gasteiger partial charge in [0.2, 0.25) is 5.56 Å². The van der Waals surface area contributed by atoms with Crippen molar-refractivity contribution in [2.75, 3.05) is 6.61 Å². The molecule has 0 aliphatic rings. The van der Waals surface area contributed by atoms with E-state index < -0.39 is 12.0 Å². The van der Waals surface area contributed by atoms with Crippen LogP contribution < -0.4 is 11.3 Å². The summed E-state index contributed by atoms with van der Waals surface area (Å²) in [7, 11) is 0. The molecular weight excluding hydrogens is 244 g/mol. The Morgan fingerprint density at radius 3 is 2.89 bits per heavy atom. The number of pyridine rings is 1. The van der Waals surface area contributed by atoms with Gasteiger partial charge in [-0.15, -0.1) is 0 Å². The third kappa shape index (κ3) is 3.00. The minimum atomic E-state index is -0.759. The molecule has 1 atom stereocenters. The summed E-state index contributed by atoms with van der Waals surface area (Å²) in [6.07, 6.45) is 0.281. The number of para-hydroxylation sites is 1. The molecule has 1 aromatic carbocycles. The van der Waals surface area contributed by atoms with Crippen LogP contribution in [0, 0.1) is 0 Å². The number of carbonyl (C=O) groups is 1. The number of hydrogen-bond donors (Lipinski definition) is 2. The maximum Gasteiger partial charge on any atom is 0.323 e. The second kappa shape index (κ2) is 5.67. The lowest BCUT2D eigenvalue weighted by molar-refractivity contribution is -0.144. The maximum atomic E-state index is 11.6. The van der Waals surface area contributed by atoms with Crippen molar-refractivity contribution in [3.05, 3.63) is 46.2 Å². The number of hydrogen-bond acceptors (Lipinski definition) is 4. The zero-order chi connectivity index (χ0) is 13.8. The number of rotatable bonds is 4. The van der Waals surface area contributed by atoms with Crippen molar-refractivity contribution in [2.24, 2.45) is 5.73 Å². The minimum absolute atomic E-state index is 0.204. The molecule has 5 nitrogen and oxygen atoms in total. The van der Waals surface area contributed by atoms with Gasteiger partial charge in [-0.25, -0.2) is 0 Å². The molecule has 0 spiro atoms. The molecule has 0 saturated heterocycles. The van der Waals surface area contributed by atoms with Gasteiger partial charge >= 0.3 is 5.97 Å². The van der Waals surface area contributed by atoms with Crippen molar-refractivity contribution in [3.8, 4) is 0 Å². The quantitative estimate of drug-likeness (QED) is 0.802. The van der Waals surface area contributed by atoms with Gasteiger partial charge in [0.1, 0.15) is 6.04 Å². The highest BCUT2D eigenvalue weighted by atomic mass is 16.5. The fourth-order valence-electron chi connectivity index (χ4n) is 2.02. The molecule has 0 radical (unpaired) electrons. The topological polar surface area (TPSA) is 85.2 Å². The smallest absolute Gasteiger partial charge is 0.323 e. The first kappa shape index (κ1) is 13.3. The summed E-state index contributed by atoms with van der Waals surface area (Å²) in [4.78, 5) is 25.8. The Balaban J connectivity index is 2.34. The highest BCUT2D eigenvalue weighted by Crippen LogP contribution is 2.15. The zero-order valence-electron chi connectivity index (χ0n) is 10.7. The lowest BCUT2D eigenvalue weighted by Crippen LogP contribution is -2.34. The molecule has 1 heterocycles. The Hall–Kier alpha value is -2.14. The molecule has 0 bridgehead atoms. The lowest BCUT2D eigenvalue weighted by atomic mass is 10.0. The molecule has 0 aliphatic carbocycles. The lowest BCUT2D eigenvalue weighted by Gasteiger charge is -2.12. The molecule has 19 heavy (non-hydrogen) atoms. The summed E-state index contributed by atoms with van der Waals surface area (Å²) >= 11 is 0. The predicted octanol–water partition coefficient (Wildman–Crippen LogP) is 0.961. The van der Waals surface area contributed by atoms with E-state index in [1.165, 1.54) is 6.07 Å². The summed E-state index contributed by atoms with van der Waals surface area (Å²) in [6, 6.07) is 8.13. The molecule has 1 aromatic heterocycles. The van der Waals surface area contributed by atoms with Crippen LogP contribution >= 0.6 is 0 Å². The fourth-order valence-corrected chi connectivity index (χ4v) is 2.02. The molecule has 0 saturated carbocycles. The van der Waals surface area contributed by atoms with Crippen LogP contribution in [0.25, 0.3) is 10.9 Å². The van der Waals surface area contributed by atoms with Crippen molar-refractivity contribution in [1.29, 1.82) is 0 Å². The highest BCUT2D eigenvalue weighted by molar-refractivity contribution is 5.83. The average molecular weight is 260 g/mol. The number of benzene rings is 1. The number of fused-ring (bicyclic) bond motifs is 1. The predicted molar refractivity (Wildman–Crippen MR) is 72.9 cm³/mol. The standard InChI is InChI=1S/C14H16N2O3/c1-2-19-14(18)11(15)7-9-8-13(17)16-12-6-4-3-5-10(9)12/h3-6,8,11H,2,7,15H2,1H3,(H,16,17). The van der Waals surface area contributed by atoms with Gasteiger partial charge in [0, 0.05) is 17.0 Å². The molecule has 0 fully saturated rings. The maximum absolute atomic E-state index is 11.6. The largest absolute Gasteiger partial charge is 0.465 e.